The van der Waals surface area contributed by atoms with Crippen molar-refractivity contribution in [3.05, 3.63) is 88.6 Å². The summed E-state index contributed by atoms with van der Waals surface area (Å²) < 4.78 is 10.6. The summed E-state index contributed by atoms with van der Waals surface area (Å²) in [6.07, 6.45) is 0. The van der Waals surface area contributed by atoms with Gasteiger partial charge >= 0.3 is 11.9 Å². The van der Waals surface area contributed by atoms with Crippen molar-refractivity contribution >= 4 is 35.2 Å². The molecule has 1 aliphatic rings. The minimum atomic E-state index is -0.844. The fourth-order valence-corrected chi connectivity index (χ4v) is 3.44. The zero-order chi connectivity index (χ0) is 22.9. The molecule has 0 saturated heterocycles. The van der Waals surface area contributed by atoms with Crippen molar-refractivity contribution in [3.8, 4) is 11.8 Å². The summed E-state index contributed by atoms with van der Waals surface area (Å²) in [4.78, 5) is 26.0. The zero-order valence-corrected chi connectivity index (χ0v) is 18.7. The fraction of sp³-hybridized carbons (Fsp3) is 0.192. The molecule has 1 heterocycles. The summed E-state index contributed by atoms with van der Waals surface area (Å²) >= 11 is 4.81. The number of rotatable bonds is 6. The van der Waals surface area contributed by atoms with Gasteiger partial charge in [0.1, 0.15) is 6.61 Å². The molecule has 0 bridgehead atoms. The molecule has 0 spiro atoms. The predicted octanol–water partition coefficient (Wildman–Crippen LogP) is 4.05. The van der Waals surface area contributed by atoms with Crippen molar-refractivity contribution in [2.24, 2.45) is 5.92 Å². The smallest absolute Gasteiger partial charge is 0.338 e. The molecule has 32 heavy (non-hydrogen) atoms. The van der Waals surface area contributed by atoms with Crippen LogP contribution in [0, 0.1) is 17.8 Å². The van der Waals surface area contributed by atoms with Crippen LogP contribution in [0.4, 0.5) is 0 Å². The first-order chi connectivity index (χ1) is 15.6. The second-order valence-electron chi connectivity index (χ2n) is 6.87. The Morgan fingerprint density at radius 2 is 1.62 bits per heavy atom. The molecule has 1 N–H and O–H groups in total. The minimum Gasteiger partial charge on any atom is -0.463 e. The molecule has 2 aromatic rings. The quantitative estimate of drug-likeness (QED) is 0.411. The van der Waals surface area contributed by atoms with Crippen molar-refractivity contribution in [1.29, 1.82) is 0 Å². The van der Waals surface area contributed by atoms with Gasteiger partial charge in [-0.3, -0.25) is 0 Å². The first kappa shape index (κ1) is 23.0. The molecule has 2 aromatic carbocycles. The van der Waals surface area contributed by atoms with Crippen LogP contribution in [0.2, 0.25) is 0 Å². The Labute approximate surface area is 193 Å². The standard InChI is InChI=1S/C26H23NO4S/c1-3-30-25(28)22-18(2)27-24(20-12-8-5-9-13-20)23(26(29)31-16-17-32)21(22)15-14-19-10-6-4-7-11-19/h4-13,17,21,27H,3,16H2,1-2H3. The Bertz CT molecular complexity index is 1120. The molecule has 6 heteroatoms. The van der Waals surface area contributed by atoms with Crippen LogP contribution in [0.5, 0.6) is 0 Å². The van der Waals surface area contributed by atoms with Crippen LogP contribution < -0.4 is 5.32 Å². The van der Waals surface area contributed by atoms with E-state index in [1.807, 2.05) is 60.7 Å². The van der Waals surface area contributed by atoms with Crippen LogP contribution in [0.3, 0.4) is 0 Å². The number of carbonyl (C=O) groups is 2. The molecule has 162 valence electrons. The SMILES string of the molecule is CCOC(=O)C1=C(C)NC(c2ccccc2)=C(C(=O)OCC=S)C1C#Cc1ccccc1. The topological polar surface area (TPSA) is 64.6 Å². The Morgan fingerprint density at radius 1 is 1.00 bits per heavy atom. The summed E-state index contributed by atoms with van der Waals surface area (Å²) in [5, 5.41) is 4.54. The Morgan fingerprint density at radius 3 is 2.25 bits per heavy atom. The lowest BCUT2D eigenvalue weighted by Crippen LogP contribution is -2.33. The number of hydrogen-bond donors (Lipinski definition) is 1. The van der Waals surface area contributed by atoms with Crippen molar-refractivity contribution in [2.45, 2.75) is 13.8 Å². The number of carbonyl (C=O) groups excluding carboxylic acids is 2. The first-order valence-electron chi connectivity index (χ1n) is 10.2. The molecule has 1 unspecified atom stereocenters. The van der Waals surface area contributed by atoms with E-state index in [1.54, 1.807) is 13.8 Å². The molecule has 0 aliphatic carbocycles. The van der Waals surface area contributed by atoms with Gasteiger partial charge in [0.25, 0.3) is 0 Å². The second kappa shape index (κ2) is 11.1. The summed E-state index contributed by atoms with van der Waals surface area (Å²) in [5.41, 5.74) is 3.17. The van der Waals surface area contributed by atoms with E-state index in [9.17, 15) is 9.59 Å². The van der Waals surface area contributed by atoms with Crippen LogP contribution >= 0.6 is 12.2 Å². The van der Waals surface area contributed by atoms with E-state index in [0.29, 0.717) is 11.4 Å². The highest BCUT2D eigenvalue weighted by molar-refractivity contribution is 7.79. The first-order valence-corrected chi connectivity index (χ1v) is 10.7. The van der Waals surface area contributed by atoms with Gasteiger partial charge in [-0.15, -0.1) is 0 Å². The minimum absolute atomic E-state index is 0.0317. The molecule has 0 amide bonds. The van der Waals surface area contributed by atoms with Gasteiger partial charge < -0.3 is 14.8 Å². The Balaban J connectivity index is 2.21. The third-order valence-electron chi connectivity index (χ3n) is 4.76. The van der Waals surface area contributed by atoms with E-state index in [2.05, 4.69) is 17.2 Å². The number of benzene rings is 2. The average molecular weight is 446 g/mol. The molecule has 5 nitrogen and oxygen atoms in total. The van der Waals surface area contributed by atoms with E-state index >= 15 is 0 Å². The third-order valence-corrected chi connectivity index (χ3v) is 4.89. The van der Waals surface area contributed by atoms with Crippen LogP contribution in [0.1, 0.15) is 25.0 Å². The molecule has 1 atom stereocenters. The predicted molar refractivity (Wildman–Crippen MR) is 127 cm³/mol. The average Bonchev–Trinajstić information content (AvgIpc) is 2.82. The van der Waals surface area contributed by atoms with Crippen molar-refractivity contribution in [1.82, 2.24) is 5.32 Å². The highest BCUT2D eigenvalue weighted by Crippen LogP contribution is 2.35. The number of thiocarbonyl (C=S) groups is 1. The van der Waals surface area contributed by atoms with Crippen LogP contribution in [0.25, 0.3) is 5.70 Å². The Kier molecular flexibility index (Phi) is 7.96. The van der Waals surface area contributed by atoms with Crippen molar-refractivity contribution in [2.75, 3.05) is 13.2 Å². The number of hydrogen-bond acceptors (Lipinski definition) is 6. The molecule has 0 radical (unpaired) electrons. The molecule has 1 aliphatic heterocycles. The van der Waals surface area contributed by atoms with E-state index in [4.69, 9.17) is 21.7 Å². The lowest BCUT2D eigenvalue weighted by atomic mass is 9.84. The summed E-state index contributed by atoms with van der Waals surface area (Å²) in [6, 6.07) is 18.7. The van der Waals surface area contributed by atoms with Gasteiger partial charge in [0, 0.05) is 16.6 Å². The van der Waals surface area contributed by atoms with Gasteiger partial charge in [-0.25, -0.2) is 9.59 Å². The summed E-state index contributed by atoms with van der Waals surface area (Å²) in [6.45, 7) is 3.67. The van der Waals surface area contributed by atoms with Crippen LogP contribution in [-0.4, -0.2) is 30.5 Å². The molecular weight excluding hydrogens is 422 g/mol. The molecule has 0 fully saturated rings. The van der Waals surface area contributed by atoms with Crippen LogP contribution in [0.15, 0.2) is 77.5 Å². The lowest BCUT2D eigenvalue weighted by Gasteiger charge is -2.28. The number of esters is 2. The molecule has 0 saturated carbocycles. The maximum atomic E-state index is 13.2. The van der Waals surface area contributed by atoms with Crippen LogP contribution in [-0.2, 0) is 19.1 Å². The van der Waals surface area contributed by atoms with Gasteiger partial charge in [0.05, 0.1) is 29.4 Å². The lowest BCUT2D eigenvalue weighted by molar-refractivity contribution is -0.139. The molecular formula is C26H23NO4S. The summed E-state index contributed by atoms with van der Waals surface area (Å²) in [5.74, 6) is 4.23. The third kappa shape index (κ3) is 5.32. The van der Waals surface area contributed by atoms with Gasteiger partial charge in [-0.05, 0) is 31.5 Å². The number of allylic oxidation sites excluding steroid dienone is 1. The van der Waals surface area contributed by atoms with E-state index in [-0.39, 0.29) is 24.4 Å². The normalized spacial score (nSPS) is 15.2. The number of ether oxygens (including phenoxy) is 2. The van der Waals surface area contributed by atoms with Gasteiger partial charge in [0.2, 0.25) is 0 Å². The largest absolute Gasteiger partial charge is 0.463 e. The maximum Gasteiger partial charge on any atom is 0.338 e. The van der Waals surface area contributed by atoms with Gasteiger partial charge in [-0.2, -0.15) is 0 Å². The number of nitrogens with one attached hydrogen (secondary N) is 1. The monoisotopic (exact) mass is 445 g/mol. The highest BCUT2D eigenvalue weighted by Gasteiger charge is 2.37. The van der Waals surface area contributed by atoms with Crippen molar-refractivity contribution < 1.29 is 19.1 Å². The zero-order valence-electron chi connectivity index (χ0n) is 17.9. The van der Waals surface area contributed by atoms with Gasteiger partial charge in [0.15, 0.2) is 0 Å². The van der Waals surface area contributed by atoms with Gasteiger partial charge in [-0.1, -0.05) is 72.6 Å². The molecule has 3 rings (SSSR count). The fourth-order valence-electron chi connectivity index (χ4n) is 3.37. The second-order valence-corrected chi connectivity index (χ2v) is 7.21. The maximum absolute atomic E-state index is 13.2. The van der Waals surface area contributed by atoms with Crippen molar-refractivity contribution in [3.63, 3.8) is 0 Å². The highest BCUT2D eigenvalue weighted by atomic mass is 32.1. The van der Waals surface area contributed by atoms with E-state index in [0.717, 1.165) is 11.1 Å². The van der Waals surface area contributed by atoms with E-state index in [1.165, 1.54) is 5.37 Å². The number of dihydropyridines is 1. The molecule has 0 aromatic heterocycles. The Hall–Kier alpha value is -3.69. The van der Waals surface area contributed by atoms with E-state index < -0.39 is 17.9 Å². The summed E-state index contributed by atoms with van der Waals surface area (Å²) in [7, 11) is 0.